The van der Waals surface area contributed by atoms with Gasteiger partial charge < -0.3 is 29.9 Å². The Hall–Kier alpha value is -1.96. The Kier molecular flexibility index (Phi) is 5.99. The summed E-state index contributed by atoms with van der Waals surface area (Å²) in [7, 11) is 0. The molecule has 0 amide bonds. The van der Waals surface area contributed by atoms with Crippen LogP contribution in [0.25, 0.3) is 0 Å². The lowest BCUT2D eigenvalue weighted by molar-refractivity contribution is -0.231. The summed E-state index contributed by atoms with van der Waals surface area (Å²) >= 11 is 0. The van der Waals surface area contributed by atoms with E-state index in [1.807, 2.05) is 19.1 Å². The molecule has 0 spiro atoms. The Balaban J connectivity index is 1.46. The van der Waals surface area contributed by atoms with E-state index in [2.05, 4.69) is 24.3 Å². The summed E-state index contributed by atoms with van der Waals surface area (Å²) in [6.07, 6.45) is -0.356. The van der Waals surface area contributed by atoms with Gasteiger partial charge in [-0.15, -0.1) is 0 Å². The highest BCUT2D eigenvalue weighted by Gasteiger charge is 2.44. The second kappa shape index (κ2) is 8.76. The van der Waals surface area contributed by atoms with E-state index in [0.29, 0.717) is 12.0 Å². The summed E-state index contributed by atoms with van der Waals surface area (Å²) in [4.78, 5) is 0. The lowest BCUT2D eigenvalue weighted by Gasteiger charge is -2.40. The van der Waals surface area contributed by atoms with Crippen molar-refractivity contribution in [2.45, 2.75) is 81.6 Å². The van der Waals surface area contributed by atoms with Crippen molar-refractivity contribution < 1.29 is 29.9 Å². The van der Waals surface area contributed by atoms with Crippen LogP contribution < -0.4 is 4.74 Å². The van der Waals surface area contributed by atoms with Gasteiger partial charge in [0, 0.05) is 0 Å². The Labute approximate surface area is 188 Å². The third kappa shape index (κ3) is 4.43. The lowest BCUT2D eigenvalue weighted by Crippen LogP contribution is -2.55. The van der Waals surface area contributed by atoms with Crippen LogP contribution in [0.15, 0.2) is 36.4 Å². The predicted octanol–water partition coefficient (Wildman–Crippen LogP) is 2.52. The molecule has 0 radical (unpaired) electrons. The molecule has 2 saturated carbocycles. The number of aliphatic hydroxyl groups excluding tert-OH is 4. The Bertz CT molecular complexity index is 948. The summed E-state index contributed by atoms with van der Waals surface area (Å²) in [5.74, 6) is 1.48. The van der Waals surface area contributed by atoms with Crippen LogP contribution in [0.3, 0.4) is 0 Å². The summed E-state index contributed by atoms with van der Waals surface area (Å²) in [6.45, 7) is 1.60. The molecule has 2 aromatic carbocycles. The Morgan fingerprint density at radius 2 is 1.62 bits per heavy atom. The van der Waals surface area contributed by atoms with Crippen molar-refractivity contribution in [3.8, 4) is 5.75 Å². The minimum Gasteiger partial charge on any atom is -0.490 e. The molecule has 5 atom stereocenters. The van der Waals surface area contributed by atoms with Gasteiger partial charge in [0.1, 0.15) is 36.3 Å². The minimum atomic E-state index is -1.40. The van der Waals surface area contributed by atoms with Gasteiger partial charge in [-0.1, -0.05) is 30.3 Å². The maximum atomic E-state index is 10.6. The Morgan fingerprint density at radius 1 is 0.906 bits per heavy atom. The molecule has 172 valence electrons. The van der Waals surface area contributed by atoms with Gasteiger partial charge in [-0.3, -0.25) is 0 Å². The number of hydrogen-bond donors (Lipinski definition) is 4. The minimum absolute atomic E-state index is 0.212. The summed E-state index contributed by atoms with van der Waals surface area (Å²) < 4.78 is 12.0. The molecule has 0 bridgehead atoms. The standard InChI is InChI=1S/C26H32O6/c1-14-18(10-15-2-4-16(5-3-15)17-6-7-17)11-19(12-21(14)31-20-8-9-20)26-25(30)24(29)23(28)22(13-27)32-26/h2-5,11-12,17,20,22-30H,6-10,13H2,1H3/t22-,23-,24?,25-,26+/m1/s1. The molecule has 1 saturated heterocycles. The molecule has 1 aliphatic heterocycles. The van der Waals surface area contributed by atoms with Crippen LogP contribution in [0.2, 0.25) is 0 Å². The van der Waals surface area contributed by atoms with Crippen LogP contribution in [-0.4, -0.2) is 57.6 Å². The van der Waals surface area contributed by atoms with Gasteiger partial charge in [0.15, 0.2) is 0 Å². The Morgan fingerprint density at radius 3 is 2.25 bits per heavy atom. The number of aliphatic hydroxyl groups is 4. The topological polar surface area (TPSA) is 99.4 Å². The highest BCUT2D eigenvalue weighted by molar-refractivity contribution is 5.47. The molecule has 32 heavy (non-hydrogen) atoms. The first-order chi connectivity index (χ1) is 15.4. The number of benzene rings is 2. The number of rotatable bonds is 7. The summed E-state index contributed by atoms with van der Waals surface area (Å²) in [5, 5.41) is 40.6. The predicted molar refractivity (Wildman–Crippen MR) is 119 cm³/mol. The van der Waals surface area contributed by atoms with Gasteiger partial charge in [0.25, 0.3) is 0 Å². The molecule has 1 heterocycles. The maximum Gasteiger partial charge on any atom is 0.123 e. The molecule has 4 N–H and O–H groups in total. The van der Waals surface area contributed by atoms with Crippen LogP contribution >= 0.6 is 0 Å². The van der Waals surface area contributed by atoms with Crippen molar-refractivity contribution in [1.82, 2.24) is 0 Å². The quantitative estimate of drug-likeness (QED) is 0.528. The van der Waals surface area contributed by atoms with E-state index in [4.69, 9.17) is 9.47 Å². The fourth-order valence-corrected chi connectivity index (χ4v) is 4.53. The average molecular weight is 441 g/mol. The highest BCUT2D eigenvalue weighted by Crippen LogP contribution is 2.41. The SMILES string of the molecule is Cc1c(Cc2ccc(C3CC3)cc2)cc([C@@H]2O[C@H](CO)[C@@H](O)C(O)[C@H]2O)cc1OC1CC1. The molecule has 6 heteroatoms. The van der Waals surface area contributed by atoms with Gasteiger partial charge >= 0.3 is 0 Å². The third-order valence-electron chi connectivity index (χ3n) is 6.95. The van der Waals surface area contributed by atoms with Crippen LogP contribution in [0.4, 0.5) is 0 Å². The molecular weight excluding hydrogens is 408 g/mol. The zero-order valence-corrected chi connectivity index (χ0v) is 18.4. The van der Waals surface area contributed by atoms with E-state index in [1.165, 1.54) is 24.0 Å². The molecule has 3 aliphatic rings. The zero-order chi connectivity index (χ0) is 22.4. The highest BCUT2D eigenvalue weighted by atomic mass is 16.5. The van der Waals surface area contributed by atoms with Crippen LogP contribution in [-0.2, 0) is 11.2 Å². The largest absolute Gasteiger partial charge is 0.490 e. The van der Waals surface area contributed by atoms with Gasteiger partial charge in [0.2, 0.25) is 0 Å². The first-order valence-corrected chi connectivity index (χ1v) is 11.6. The molecule has 5 rings (SSSR count). The fourth-order valence-electron chi connectivity index (χ4n) is 4.53. The van der Waals surface area contributed by atoms with Gasteiger partial charge in [0.05, 0.1) is 12.7 Å². The number of hydrogen-bond acceptors (Lipinski definition) is 6. The van der Waals surface area contributed by atoms with E-state index in [0.717, 1.165) is 35.6 Å². The fraction of sp³-hybridized carbons (Fsp3) is 0.538. The van der Waals surface area contributed by atoms with Gasteiger partial charge in [-0.05, 0) is 78.8 Å². The van der Waals surface area contributed by atoms with Gasteiger partial charge in [-0.2, -0.15) is 0 Å². The van der Waals surface area contributed by atoms with E-state index >= 15 is 0 Å². The van der Waals surface area contributed by atoms with Crippen molar-refractivity contribution in [1.29, 1.82) is 0 Å². The maximum absolute atomic E-state index is 10.6. The monoisotopic (exact) mass is 440 g/mol. The lowest BCUT2D eigenvalue weighted by atomic mass is 9.88. The smallest absolute Gasteiger partial charge is 0.123 e. The molecular formula is C26H32O6. The molecule has 3 fully saturated rings. The van der Waals surface area contributed by atoms with Crippen molar-refractivity contribution in [2.75, 3.05) is 6.61 Å². The van der Waals surface area contributed by atoms with E-state index in [1.54, 1.807) is 0 Å². The van der Waals surface area contributed by atoms with Gasteiger partial charge in [-0.25, -0.2) is 0 Å². The number of ether oxygens (including phenoxy) is 2. The molecule has 2 aromatic rings. The zero-order valence-electron chi connectivity index (χ0n) is 18.4. The normalized spacial score (nSPS) is 30.3. The van der Waals surface area contributed by atoms with Crippen molar-refractivity contribution in [3.05, 3.63) is 64.2 Å². The van der Waals surface area contributed by atoms with Crippen molar-refractivity contribution >= 4 is 0 Å². The third-order valence-corrected chi connectivity index (χ3v) is 6.95. The molecule has 2 aliphatic carbocycles. The van der Waals surface area contributed by atoms with Crippen LogP contribution in [0.5, 0.6) is 5.75 Å². The second-order valence-electron chi connectivity index (χ2n) is 9.56. The van der Waals surface area contributed by atoms with Crippen molar-refractivity contribution in [3.63, 3.8) is 0 Å². The average Bonchev–Trinajstić information content (AvgIpc) is 3.70. The van der Waals surface area contributed by atoms with Crippen LogP contribution in [0, 0.1) is 6.92 Å². The molecule has 0 aromatic heterocycles. The van der Waals surface area contributed by atoms with E-state index in [9.17, 15) is 20.4 Å². The second-order valence-corrected chi connectivity index (χ2v) is 9.56. The molecule has 1 unspecified atom stereocenters. The summed E-state index contributed by atoms with van der Waals surface area (Å²) in [5.41, 5.74) is 5.39. The molecule has 6 nitrogen and oxygen atoms in total. The van der Waals surface area contributed by atoms with E-state index in [-0.39, 0.29) is 6.10 Å². The summed E-state index contributed by atoms with van der Waals surface area (Å²) in [6, 6.07) is 12.6. The first kappa shape index (κ1) is 21.9. The van der Waals surface area contributed by atoms with E-state index < -0.39 is 37.1 Å². The van der Waals surface area contributed by atoms with Crippen LogP contribution in [0.1, 0.15) is 65.5 Å². The van der Waals surface area contributed by atoms with Crippen molar-refractivity contribution in [2.24, 2.45) is 0 Å². The first-order valence-electron chi connectivity index (χ1n) is 11.6.